The quantitative estimate of drug-likeness (QED) is 0.566. The van der Waals surface area contributed by atoms with Gasteiger partial charge in [-0.05, 0) is 5.92 Å². The fourth-order valence-corrected chi connectivity index (χ4v) is 1.40. The van der Waals surface area contributed by atoms with E-state index in [9.17, 15) is 0 Å². The van der Waals surface area contributed by atoms with Crippen LogP contribution in [0.15, 0.2) is 0 Å². The van der Waals surface area contributed by atoms with E-state index in [1.165, 1.54) is 0 Å². The summed E-state index contributed by atoms with van der Waals surface area (Å²) in [6.07, 6.45) is 2.89. The maximum Gasteiger partial charge on any atom is 0.210 e. The molecule has 0 aromatic carbocycles. The Kier molecular flexibility index (Phi) is 12.6. The van der Waals surface area contributed by atoms with Crippen molar-refractivity contribution < 1.29 is 49.5 Å². The molecule has 0 aliphatic heterocycles. The van der Waals surface area contributed by atoms with Gasteiger partial charge in [-0.3, -0.25) is 0 Å². The molecule has 1 saturated carbocycles. The van der Waals surface area contributed by atoms with Gasteiger partial charge >= 0.3 is 0 Å². The van der Waals surface area contributed by atoms with Gasteiger partial charge in [0.25, 0.3) is 0 Å². The second-order valence-electron chi connectivity index (χ2n) is 2.72. The monoisotopic (exact) mass is 390 g/mol. The van der Waals surface area contributed by atoms with E-state index < -0.39 is 0 Å². The van der Waals surface area contributed by atoms with Crippen molar-refractivity contribution in [2.75, 3.05) is 13.7 Å². The molecule has 0 heterocycles. The minimum atomic E-state index is 0. The Hall–Kier alpha value is 1.26. The number of hydrogen-bond donors (Lipinski definition) is 1. The molecule has 3 atom stereocenters. The molecule has 0 saturated heterocycles. The van der Waals surface area contributed by atoms with Crippen molar-refractivity contribution >= 4 is 7.85 Å². The summed E-state index contributed by atoms with van der Waals surface area (Å²) in [7, 11) is 7.32. The molecule has 3 radical (unpaired) electrons. The van der Waals surface area contributed by atoms with Crippen molar-refractivity contribution in [2.45, 2.75) is 18.3 Å². The Balaban J connectivity index is -0.000000403. The average molecular weight is 390 g/mol. The van der Waals surface area contributed by atoms with Gasteiger partial charge in [-0.25, -0.2) is 0 Å². The van der Waals surface area contributed by atoms with Crippen molar-refractivity contribution in [1.82, 2.24) is 0 Å². The van der Waals surface area contributed by atoms with E-state index in [0.717, 1.165) is 6.42 Å². The van der Waals surface area contributed by atoms with Gasteiger partial charge in [-0.15, -0.1) is 0 Å². The molecule has 1 N–H and O–H groups in total. The molecule has 1 fully saturated rings. The first kappa shape index (κ1) is 16.7. The zero-order valence-electron chi connectivity index (χ0n) is 8.97. The molecule has 0 amide bonds. The minimum Gasteiger partial charge on any atom is -0.413 e. The van der Waals surface area contributed by atoms with E-state index >= 15 is 0 Å². The summed E-state index contributed by atoms with van der Waals surface area (Å²) in [5, 5.41) is 4.30. The van der Waals surface area contributed by atoms with Crippen LogP contribution >= 0.6 is 0 Å². The third kappa shape index (κ3) is 5.64. The Bertz CT molecular complexity index is 134. The Morgan fingerprint density at radius 2 is 2.38 bits per heavy atom. The second kappa shape index (κ2) is 9.80. The van der Waals surface area contributed by atoms with Crippen molar-refractivity contribution in [1.29, 1.82) is 1.43 Å². The van der Waals surface area contributed by atoms with E-state index in [1.54, 1.807) is 7.11 Å². The molecule has 0 bridgehead atoms. The van der Waals surface area contributed by atoms with Crippen molar-refractivity contribution in [3.63, 3.8) is 0 Å². The van der Waals surface area contributed by atoms with Crippen LogP contribution in [0.5, 0.6) is 0 Å². The number of hydrogen-bond acceptors (Lipinski definition) is 2. The molecule has 75 valence electrons. The molecular weight excluding hydrogens is 374 g/mol. The van der Waals surface area contributed by atoms with E-state index in [1.807, 2.05) is 6.42 Å². The number of aliphatic hydroxyl groups is 1. The molecule has 0 aromatic rings. The van der Waals surface area contributed by atoms with Gasteiger partial charge in [0, 0.05) is 61.2 Å². The summed E-state index contributed by atoms with van der Waals surface area (Å²) in [5.74, 6) is 0.354. The van der Waals surface area contributed by atoms with Crippen LogP contribution in [0.4, 0.5) is 0 Å². The van der Waals surface area contributed by atoms with Gasteiger partial charge in [-0.2, -0.15) is 5.82 Å². The second-order valence-corrected chi connectivity index (χ2v) is 2.72. The van der Waals surface area contributed by atoms with Crippen LogP contribution in [0.1, 0.15) is 6.42 Å². The van der Waals surface area contributed by atoms with Gasteiger partial charge in [0.2, 0.25) is 1.43 Å². The van der Waals surface area contributed by atoms with E-state index in [0.29, 0.717) is 6.61 Å². The summed E-state index contributed by atoms with van der Waals surface area (Å²) < 4.78 is 11.7. The summed E-state index contributed by atoms with van der Waals surface area (Å²) >= 11 is 0. The molecule has 0 aromatic heterocycles. The molecule has 1 rings (SSSR count). The first-order valence-electron chi connectivity index (χ1n) is 3.90. The normalized spacial score (nSPS) is 32.1. The zero-order chi connectivity index (χ0) is 8.27. The molecule has 1 aliphatic carbocycles. The standard InChI is InChI=1S/C7H12BO2.CH3.V.W/c1-10-7-3-6(8)2-5(7)4-9;;;/h3,5-7,9H,2,4H2,1H3;1H3;;/q2*-1;;/t5-,6-,7-;;;/m1.../s1/i9D;;;. The van der Waals surface area contributed by atoms with E-state index in [-0.39, 0.29) is 64.9 Å². The van der Waals surface area contributed by atoms with Crippen LogP contribution in [0.3, 0.4) is 0 Å². The van der Waals surface area contributed by atoms with Crippen LogP contribution in [0.2, 0.25) is 5.82 Å². The first-order valence-corrected chi connectivity index (χ1v) is 3.49. The molecule has 0 unspecified atom stereocenters. The summed E-state index contributed by atoms with van der Waals surface area (Å²) in [6, 6.07) is 0. The number of methoxy groups -OCH3 is 1. The van der Waals surface area contributed by atoms with Crippen molar-refractivity contribution in [2.24, 2.45) is 5.92 Å². The van der Waals surface area contributed by atoms with Gasteiger partial charge in [0.1, 0.15) is 0 Å². The van der Waals surface area contributed by atoms with Crippen molar-refractivity contribution in [3.8, 4) is 0 Å². The van der Waals surface area contributed by atoms with Crippen molar-refractivity contribution in [3.05, 3.63) is 13.8 Å². The fraction of sp³-hybridized carbons (Fsp3) is 0.750. The Morgan fingerprint density at radius 3 is 2.85 bits per heavy atom. The van der Waals surface area contributed by atoms with Crippen LogP contribution < -0.4 is 0 Å². The molecule has 13 heavy (non-hydrogen) atoms. The Labute approximate surface area is 110 Å². The van der Waals surface area contributed by atoms with Gasteiger partial charge in [-0.1, -0.05) is 12.5 Å². The fourth-order valence-electron chi connectivity index (χ4n) is 1.40. The average Bonchev–Trinajstić information content (AvgIpc) is 2.32. The van der Waals surface area contributed by atoms with Crippen LogP contribution in [0, 0.1) is 19.8 Å². The molecule has 1 aliphatic rings. The van der Waals surface area contributed by atoms with Crippen LogP contribution in [-0.4, -0.2) is 34.2 Å². The van der Waals surface area contributed by atoms with Crippen LogP contribution in [-0.2, 0) is 44.4 Å². The third-order valence-electron chi connectivity index (χ3n) is 1.96. The van der Waals surface area contributed by atoms with Gasteiger partial charge in [0.05, 0.1) is 0 Å². The predicted octanol–water partition coefficient (Wildman–Crippen LogP) is 0.620. The van der Waals surface area contributed by atoms with E-state index in [4.69, 9.17) is 14.0 Å². The molecule has 0 spiro atoms. The summed E-state index contributed by atoms with van der Waals surface area (Å²) in [5.41, 5.74) is 0. The minimum absolute atomic E-state index is 0. The zero-order valence-corrected chi connectivity index (χ0v) is 12.3. The maximum absolute atomic E-state index is 6.59. The predicted molar refractivity (Wildman–Crippen MR) is 46.2 cm³/mol. The molecule has 2 nitrogen and oxygen atoms in total. The van der Waals surface area contributed by atoms with E-state index in [2.05, 4.69) is 5.11 Å². The summed E-state index contributed by atoms with van der Waals surface area (Å²) in [6.45, 7) is 0.405. The number of aliphatic hydroxyl groups excluding tert-OH is 1. The Morgan fingerprint density at radius 1 is 1.77 bits per heavy atom. The van der Waals surface area contributed by atoms with Crippen LogP contribution in [0.25, 0.3) is 0 Å². The number of ether oxygens (including phenoxy) is 1. The van der Waals surface area contributed by atoms with Gasteiger partial charge in [0.15, 0.2) is 0 Å². The topological polar surface area (TPSA) is 29.5 Å². The van der Waals surface area contributed by atoms with Gasteiger partial charge < -0.3 is 23.7 Å². The largest absolute Gasteiger partial charge is 0.413 e. The number of rotatable bonds is 3. The first-order chi connectivity index (χ1) is 5.27. The maximum atomic E-state index is 6.59. The smallest absolute Gasteiger partial charge is 0.210 e. The summed E-state index contributed by atoms with van der Waals surface area (Å²) in [4.78, 5) is 0. The molecule has 5 heteroatoms. The third-order valence-corrected chi connectivity index (χ3v) is 1.96. The molecular formula is C8H15BO2VW-2. The SMILES string of the molecule is [2H]OC[C@H]1C[C@@H]([B])[CH-][C@H]1OC.[CH3-].[V].[W].